The Labute approximate surface area is 101 Å². The minimum Gasteiger partial charge on any atom is -0.316 e. The fraction of sp³-hybridized carbons (Fsp3) is 1.00. The van der Waals surface area contributed by atoms with Gasteiger partial charge in [0.05, 0.1) is 0 Å². The largest absolute Gasteiger partial charge is 0.316 e. The van der Waals surface area contributed by atoms with E-state index >= 15 is 0 Å². The lowest BCUT2D eigenvalue weighted by molar-refractivity contribution is 0.483. The molecule has 0 aromatic carbocycles. The monoisotopic (exact) mass is 231 g/mol. The maximum absolute atomic E-state index is 3.43. The van der Waals surface area contributed by atoms with Crippen molar-refractivity contribution in [3.05, 3.63) is 0 Å². The van der Waals surface area contributed by atoms with Gasteiger partial charge < -0.3 is 5.32 Å². The molecule has 0 amide bonds. The third kappa shape index (κ3) is 9.25. The summed E-state index contributed by atoms with van der Waals surface area (Å²) in [6.07, 6.45) is 5.35. The van der Waals surface area contributed by atoms with Gasteiger partial charge in [0.1, 0.15) is 0 Å². The van der Waals surface area contributed by atoms with E-state index in [0.717, 1.165) is 11.2 Å². The Morgan fingerprint density at radius 1 is 1.13 bits per heavy atom. The molecule has 0 bridgehead atoms. The van der Waals surface area contributed by atoms with Gasteiger partial charge in [0.2, 0.25) is 0 Å². The van der Waals surface area contributed by atoms with Gasteiger partial charge in [-0.05, 0) is 25.8 Å². The molecule has 0 aliphatic heterocycles. The van der Waals surface area contributed by atoms with Crippen molar-refractivity contribution < 1.29 is 0 Å². The molecule has 2 heteroatoms. The summed E-state index contributed by atoms with van der Waals surface area (Å²) in [5, 5.41) is 4.25. The summed E-state index contributed by atoms with van der Waals surface area (Å²) >= 11 is 2.11. The van der Waals surface area contributed by atoms with Gasteiger partial charge in [-0.1, -0.05) is 40.5 Å². The summed E-state index contributed by atoms with van der Waals surface area (Å²) in [5.41, 5.74) is 0. The first-order valence-electron chi connectivity index (χ1n) is 6.39. The second kappa shape index (κ2) is 9.53. The molecule has 2 atom stereocenters. The topological polar surface area (TPSA) is 12.0 Å². The zero-order chi connectivity index (χ0) is 11.7. The van der Waals surface area contributed by atoms with Gasteiger partial charge in [0.25, 0.3) is 0 Å². The van der Waals surface area contributed by atoms with Crippen LogP contribution in [0.25, 0.3) is 0 Å². The van der Waals surface area contributed by atoms with Gasteiger partial charge >= 0.3 is 0 Å². The standard InChI is InChI=1S/C13H29NS/c1-6-12(4)15-10-13(14-5)9-7-8-11(2)3/h11-14H,6-10H2,1-5H3. The Hall–Kier alpha value is 0.310. The van der Waals surface area contributed by atoms with E-state index in [9.17, 15) is 0 Å². The van der Waals surface area contributed by atoms with Crippen LogP contribution in [0.2, 0.25) is 0 Å². The van der Waals surface area contributed by atoms with Crippen LogP contribution in [0.3, 0.4) is 0 Å². The molecule has 0 radical (unpaired) electrons. The van der Waals surface area contributed by atoms with Crippen LogP contribution in [-0.2, 0) is 0 Å². The summed E-state index contributed by atoms with van der Waals surface area (Å²) in [6.45, 7) is 9.21. The quantitative estimate of drug-likeness (QED) is 0.645. The second-order valence-corrected chi connectivity index (χ2v) is 6.33. The normalized spacial score (nSPS) is 15.6. The first-order chi connectivity index (χ1) is 7.10. The van der Waals surface area contributed by atoms with Gasteiger partial charge in [-0.25, -0.2) is 0 Å². The average molecular weight is 231 g/mol. The van der Waals surface area contributed by atoms with E-state index in [4.69, 9.17) is 0 Å². The van der Waals surface area contributed by atoms with Crippen LogP contribution < -0.4 is 5.32 Å². The second-order valence-electron chi connectivity index (χ2n) is 4.86. The summed E-state index contributed by atoms with van der Waals surface area (Å²) in [7, 11) is 2.09. The lowest BCUT2D eigenvalue weighted by atomic mass is 10.0. The van der Waals surface area contributed by atoms with Crippen LogP contribution in [0.1, 0.15) is 53.4 Å². The number of thioether (sulfide) groups is 1. The number of nitrogens with one attached hydrogen (secondary N) is 1. The molecule has 0 aliphatic rings. The van der Waals surface area contributed by atoms with Crippen molar-refractivity contribution in [2.75, 3.05) is 12.8 Å². The zero-order valence-electron chi connectivity index (χ0n) is 11.2. The molecule has 0 aromatic rings. The molecule has 0 heterocycles. The molecule has 0 saturated carbocycles. The molecule has 92 valence electrons. The fourth-order valence-electron chi connectivity index (χ4n) is 1.48. The average Bonchev–Trinajstić information content (AvgIpc) is 2.22. The molecular formula is C13H29NS. The van der Waals surface area contributed by atoms with E-state index in [1.54, 1.807) is 0 Å². The van der Waals surface area contributed by atoms with E-state index in [2.05, 4.69) is 51.8 Å². The fourth-order valence-corrected chi connectivity index (χ4v) is 2.61. The lowest BCUT2D eigenvalue weighted by Crippen LogP contribution is -2.28. The van der Waals surface area contributed by atoms with Gasteiger partial charge in [-0.2, -0.15) is 11.8 Å². The SMILES string of the molecule is CCC(C)SCC(CCCC(C)C)NC. The molecule has 1 N–H and O–H groups in total. The Kier molecular flexibility index (Phi) is 9.73. The number of rotatable bonds is 9. The highest BCUT2D eigenvalue weighted by atomic mass is 32.2. The smallest absolute Gasteiger partial charge is 0.0155 e. The van der Waals surface area contributed by atoms with Crippen LogP contribution in [0.5, 0.6) is 0 Å². The van der Waals surface area contributed by atoms with Crippen LogP contribution in [-0.4, -0.2) is 24.1 Å². The van der Waals surface area contributed by atoms with E-state index in [1.807, 2.05) is 0 Å². The van der Waals surface area contributed by atoms with Crippen molar-refractivity contribution in [3.63, 3.8) is 0 Å². The Morgan fingerprint density at radius 3 is 2.27 bits per heavy atom. The maximum atomic E-state index is 3.43. The molecule has 0 fully saturated rings. The summed E-state index contributed by atoms with van der Waals surface area (Å²) in [5.74, 6) is 2.12. The Morgan fingerprint density at radius 2 is 1.80 bits per heavy atom. The highest BCUT2D eigenvalue weighted by Gasteiger charge is 2.08. The first-order valence-corrected chi connectivity index (χ1v) is 7.43. The van der Waals surface area contributed by atoms with E-state index in [1.165, 1.54) is 31.4 Å². The zero-order valence-corrected chi connectivity index (χ0v) is 12.0. The van der Waals surface area contributed by atoms with E-state index in [-0.39, 0.29) is 0 Å². The third-order valence-corrected chi connectivity index (χ3v) is 4.40. The summed E-state index contributed by atoms with van der Waals surface area (Å²) in [4.78, 5) is 0. The minimum absolute atomic E-state index is 0.711. The molecule has 0 rings (SSSR count). The van der Waals surface area contributed by atoms with Crippen LogP contribution >= 0.6 is 11.8 Å². The van der Waals surface area contributed by atoms with Crippen LogP contribution in [0, 0.1) is 5.92 Å². The van der Waals surface area contributed by atoms with E-state index in [0.29, 0.717) is 6.04 Å². The highest BCUT2D eigenvalue weighted by molar-refractivity contribution is 7.99. The van der Waals surface area contributed by atoms with E-state index < -0.39 is 0 Å². The predicted octanol–water partition coefficient (Wildman–Crippen LogP) is 3.93. The molecule has 2 unspecified atom stereocenters. The van der Waals surface area contributed by atoms with Crippen molar-refractivity contribution >= 4 is 11.8 Å². The first kappa shape index (κ1) is 15.3. The minimum atomic E-state index is 0.711. The van der Waals surface area contributed by atoms with Gasteiger partial charge in [-0.3, -0.25) is 0 Å². The maximum Gasteiger partial charge on any atom is 0.0155 e. The summed E-state index contributed by atoms with van der Waals surface area (Å²) in [6, 6.07) is 0.711. The molecule has 0 saturated heterocycles. The Bertz CT molecular complexity index is 136. The van der Waals surface area contributed by atoms with Gasteiger partial charge in [-0.15, -0.1) is 0 Å². The Balaban J connectivity index is 3.54. The molecule has 0 aliphatic carbocycles. The van der Waals surface area contributed by atoms with Gasteiger partial charge in [0.15, 0.2) is 0 Å². The highest BCUT2D eigenvalue weighted by Crippen LogP contribution is 2.17. The van der Waals surface area contributed by atoms with Crippen molar-refractivity contribution in [2.45, 2.75) is 64.7 Å². The lowest BCUT2D eigenvalue weighted by Gasteiger charge is -2.18. The molecule has 15 heavy (non-hydrogen) atoms. The number of hydrogen-bond acceptors (Lipinski definition) is 2. The van der Waals surface area contributed by atoms with Crippen LogP contribution in [0.4, 0.5) is 0 Å². The van der Waals surface area contributed by atoms with Crippen molar-refractivity contribution in [3.8, 4) is 0 Å². The van der Waals surface area contributed by atoms with Crippen molar-refractivity contribution in [1.82, 2.24) is 5.32 Å². The van der Waals surface area contributed by atoms with Crippen molar-refractivity contribution in [1.29, 1.82) is 0 Å². The van der Waals surface area contributed by atoms with Crippen LogP contribution in [0.15, 0.2) is 0 Å². The molecule has 0 spiro atoms. The number of hydrogen-bond donors (Lipinski definition) is 1. The van der Waals surface area contributed by atoms with Gasteiger partial charge in [0, 0.05) is 17.0 Å². The third-order valence-electron chi connectivity index (χ3n) is 2.90. The molecule has 1 nitrogen and oxygen atoms in total. The summed E-state index contributed by atoms with van der Waals surface area (Å²) < 4.78 is 0. The molecule has 0 aromatic heterocycles. The predicted molar refractivity (Wildman–Crippen MR) is 73.7 cm³/mol. The van der Waals surface area contributed by atoms with Crippen molar-refractivity contribution in [2.24, 2.45) is 5.92 Å². The molecular weight excluding hydrogens is 202 g/mol.